The number of nitro benzene ring substituents is 1. The van der Waals surface area contributed by atoms with Crippen LogP contribution in [0.4, 0.5) is 15.3 Å². The third-order valence-corrected chi connectivity index (χ3v) is 14.8. The number of nitrogens with one attached hydrogen (secondary N) is 1. The fourth-order valence-corrected chi connectivity index (χ4v) is 11.2. The number of methoxy groups -OCH3 is 1. The van der Waals surface area contributed by atoms with Crippen LogP contribution in [0.2, 0.25) is 0 Å². The Morgan fingerprint density at radius 2 is 1.57 bits per heavy atom. The van der Waals surface area contributed by atoms with Crippen LogP contribution in [0.1, 0.15) is 139 Å². The van der Waals surface area contributed by atoms with Gasteiger partial charge in [0.2, 0.25) is 12.6 Å². The SMILES string of the molecule is C=CCO[C@@]12Oc3ccc(OC(=O)NCCCCCCCCCCCC)cc3[C@H]3[C@H](CCCCO)[C@@H](CCCCO)C=C(C(=NOCc4ccc([N+](=O)[O-])cc4)C[C@@H]1N(Cc1ccc4c(c1)OCO4)C(=O)OC)[C@H]32. The van der Waals surface area contributed by atoms with Crippen molar-refractivity contribution in [1.29, 1.82) is 0 Å². The number of aliphatic hydroxyl groups is 2. The predicted octanol–water partition coefficient (Wildman–Crippen LogP) is 11.4. The number of aliphatic hydroxyl groups excluding tert-OH is 2. The lowest BCUT2D eigenvalue weighted by molar-refractivity contribution is -0.384. The summed E-state index contributed by atoms with van der Waals surface area (Å²) in [6.07, 6.45) is 18.7. The van der Waals surface area contributed by atoms with E-state index in [1.165, 1.54) is 64.2 Å². The molecule has 2 heterocycles. The topological polar surface area (TPSA) is 210 Å². The number of nitro groups is 1. The van der Waals surface area contributed by atoms with Gasteiger partial charge in [0.05, 0.1) is 30.3 Å². The number of fused-ring (bicyclic) bond motifs is 3. The third-order valence-electron chi connectivity index (χ3n) is 14.8. The highest BCUT2D eigenvalue weighted by Crippen LogP contribution is 2.62. The Morgan fingerprint density at radius 3 is 2.27 bits per heavy atom. The highest BCUT2D eigenvalue weighted by Gasteiger charge is 2.65. The second-order valence-corrected chi connectivity index (χ2v) is 19.8. The summed E-state index contributed by atoms with van der Waals surface area (Å²) in [7, 11) is 1.33. The summed E-state index contributed by atoms with van der Waals surface area (Å²) in [6, 6.07) is 16.0. The van der Waals surface area contributed by atoms with E-state index in [-0.39, 0.29) is 63.7 Å². The van der Waals surface area contributed by atoms with Gasteiger partial charge < -0.3 is 48.8 Å². The van der Waals surface area contributed by atoms with E-state index in [0.717, 1.165) is 48.8 Å². The molecular weight excluding hydrogens is 949 g/mol. The molecule has 2 aliphatic heterocycles. The zero-order chi connectivity index (χ0) is 52.3. The van der Waals surface area contributed by atoms with E-state index >= 15 is 0 Å². The largest absolute Gasteiger partial charge is 0.459 e. The second-order valence-electron chi connectivity index (χ2n) is 19.8. The van der Waals surface area contributed by atoms with Crippen molar-refractivity contribution in [3.63, 3.8) is 0 Å². The van der Waals surface area contributed by atoms with Gasteiger partial charge in [-0.15, -0.1) is 6.58 Å². The van der Waals surface area contributed by atoms with Crippen molar-refractivity contribution in [3.05, 3.63) is 112 Å². The summed E-state index contributed by atoms with van der Waals surface area (Å²) in [4.78, 5) is 46.7. The van der Waals surface area contributed by atoms with Gasteiger partial charge in [0, 0.05) is 56.3 Å². The van der Waals surface area contributed by atoms with Crippen LogP contribution < -0.4 is 24.3 Å². The molecule has 0 aromatic heterocycles. The van der Waals surface area contributed by atoms with Crippen LogP contribution in [-0.4, -0.2) is 90.0 Å². The van der Waals surface area contributed by atoms with Crippen molar-refractivity contribution in [2.24, 2.45) is 22.9 Å². The van der Waals surface area contributed by atoms with Crippen molar-refractivity contribution in [2.45, 2.75) is 147 Å². The zero-order valence-corrected chi connectivity index (χ0v) is 43.2. The van der Waals surface area contributed by atoms with E-state index in [2.05, 4.69) is 24.9 Å². The Kier molecular flexibility index (Phi) is 21.0. The number of nitrogens with zero attached hydrogens (tertiary/aromatic N) is 3. The molecule has 1 saturated carbocycles. The second kappa shape index (κ2) is 27.9. The van der Waals surface area contributed by atoms with Crippen LogP contribution in [0.3, 0.4) is 0 Å². The molecule has 7 rings (SSSR count). The van der Waals surface area contributed by atoms with E-state index in [0.29, 0.717) is 66.5 Å². The molecule has 2 aliphatic carbocycles. The number of unbranched alkanes of at least 4 members (excludes halogenated alkanes) is 11. The fraction of sp³-hybridized carbons (Fsp3) is 0.561. The van der Waals surface area contributed by atoms with Crippen molar-refractivity contribution in [3.8, 4) is 23.0 Å². The summed E-state index contributed by atoms with van der Waals surface area (Å²) in [5.41, 5.74) is 3.45. The minimum absolute atomic E-state index is 0.00540. The molecule has 17 heteroatoms. The zero-order valence-electron chi connectivity index (χ0n) is 43.2. The molecule has 3 N–H and O–H groups in total. The van der Waals surface area contributed by atoms with Gasteiger partial charge in [-0.1, -0.05) is 101 Å². The van der Waals surface area contributed by atoms with Crippen LogP contribution in [-0.2, 0) is 27.5 Å². The minimum Gasteiger partial charge on any atom is -0.459 e. The maximum atomic E-state index is 14.5. The van der Waals surface area contributed by atoms with Gasteiger partial charge in [-0.2, -0.15) is 0 Å². The van der Waals surface area contributed by atoms with Gasteiger partial charge in [0.15, 0.2) is 11.5 Å². The number of rotatable bonds is 30. The molecule has 17 nitrogen and oxygen atoms in total. The number of carbonyl (C=O) groups excluding carboxylic acids is 2. The Hall–Kier alpha value is -6.17. The molecule has 3 aromatic carbocycles. The van der Waals surface area contributed by atoms with E-state index in [1.807, 2.05) is 18.2 Å². The van der Waals surface area contributed by atoms with Crippen LogP contribution in [0.15, 0.2) is 90.1 Å². The third kappa shape index (κ3) is 14.0. The Labute approximate surface area is 435 Å². The molecule has 0 bridgehead atoms. The number of carbonyl (C=O) groups is 2. The lowest BCUT2D eigenvalue weighted by atomic mass is 9.55. The van der Waals surface area contributed by atoms with Crippen LogP contribution in [0, 0.1) is 27.9 Å². The van der Waals surface area contributed by atoms with Crippen molar-refractivity contribution in [1.82, 2.24) is 10.2 Å². The van der Waals surface area contributed by atoms with E-state index in [1.54, 1.807) is 41.3 Å². The Bertz CT molecular complexity index is 2390. The highest BCUT2D eigenvalue weighted by molar-refractivity contribution is 6.03. The predicted molar refractivity (Wildman–Crippen MR) is 279 cm³/mol. The summed E-state index contributed by atoms with van der Waals surface area (Å²) in [6.45, 7) is 6.96. The molecule has 0 radical (unpaired) electrons. The smallest absolute Gasteiger partial charge is 0.412 e. The van der Waals surface area contributed by atoms with Gasteiger partial charge in [0.1, 0.15) is 24.1 Å². The normalized spacial score (nSPS) is 21.6. The Balaban J connectivity index is 1.28. The number of non-ortho nitro benzene ring substituents is 1. The monoisotopic (exact) mass is 1020 g/mol. The minimum atomic E-state index is -1.60. The van der Waals surface area contributed by atoms with E-state index < -0.39 is 40.8 Å². The molecule has 74 heavy (non-hydrogen) atoms. The molecule has 4 aliphatic rings. The maximum Gasteiger partial charge on any atom is 0.412 e. The van der Waals surface area contributed by atoms with Crippen LogP contribution in [0.25, 0.3) is 0 Å². The fourth-order valence-electron chi connectivity index (χ4n) is 11.2. The molecule has 0 saturated heterocycles. The first kappa shape index (κ1) is 55.6. The van der Waals surface area contributed by atoms with Crippen molar-refractivity contribution >= 4 is 23.6 Å². The molecular formula is C57H76N4O13. The molecule has 402 valence electrons. The first-order valence-corrected chi connectivity index (χ1v) is 26.8. The first-order valence-electron chi connectivity index (χ1n) is 26.8. The average Bonchev–Trinajstić information content (AvgIpc) is 3.92. The van der Waals surface area contributed by atoms with Crippen molar-refractivity contribution in [2.75, 3.05) is 40.3 Å². The van der Waals surface area contributed by atoms with Gasteiger partial charge >= 0.3 is 12.2 Å². The molecule has 1 fully saturated rings. The number of amides is 2. The molecule has 0 unspecified atom stereocenters. The summed E-state index contributed by atoms with van der Waals surface area (Å²) < 4.78 is 37.4. The van der Waals surface area contributed by atoms with Gasteiger partial charge in [0.25, 0.3) is 5.69 Å². The lowest BCUT2D eigenvalue weighted by Gasteiger charge is -2.59. The molecule has 6 atom stereocenters. The number of benzene rings is 3. The van der Waals surface area contributed by atoms with Gasteiger partial charge in [-0.3, -0.25) is 15.0 Å². The highest BCUT2D eigenvalue weighted by atomic mass is 16.7. The quantitative estimate of drug-likeness (QED) is 0.0246. The van der Waals surface area contributed by atoms with Gasteiger partial charge in [-0.05, 0) is 103 Å². The van der Waals surface area contributed by atoms with Crippen molar-refractivity contribution < 1.29 is 58.0 Å². The van der Waals surface area contributed by atoms with E-state index in [4.69, 9.17) is 38.4 Å². The van der Waals surface area contributed by atoms with Crippen LogP contribution in [0.5, 0.6) is 23.0 Å². The first-order chi connectivity index (χ1) is 36.1. The lowest BCUT2D eigenvalue weighted by Crippen LogP contribution is -2.70. The average molecular weight is 1030 g/mol. The maximum absolute atomic E-state index is 14.5. The summed E-state index contributed by atoms with van der Waals surface area (Å²) in [5.74, 6) is -0.853. The number of ether oxygens (including phenoxy) is 6. The van der Waals surface area contributed by atoms with E-state index in [9.17, 15) is 29.9 Å². The van der Waals surface area contributed by atoms with Crippen LogP contribution >= 0.6 is 0 Å². The standard InChI is InChI=1S/C57H76N4O13/c1-4-6-7-8-9-10-11-12-13-16-29-58-55(64)73-44-26-28-49-47(35-44)53-45(20-15-18-31-63)42(19-14-17-30-62)34-46-48(59-72-38-40-21-24-43(25-22-40)61(66)67)36-52(57(74-49,54(46)53)71-32-5-2)60(56(65)68-3)37-41-23-27-50-51(33-41)70-39-69-50/h5,21-28,33-35,42,45,52-54,62-63H,2,4,6-20,29-32,36-39H2,1,3H3,(H,58,64)/t42-,45+,52-,53+,54+,57+/m0/s1. The number of hydrogen-bond acceptors (Lipinski definition) is 14. The van der Waals surface area contributed by atoms with Gasteiger partial charge in [-0.25, -0.2) is 9.59 Å². The summed E-state index contributed by atoms with van der Waals surface area (Å²) in [5, 5.41) is 39.3. The number of allylic oxidation sites excluding steroid dienone is 1. The Morgan fingerprint density at radius 1 is 0.878 bits per heavy atom. The molecule has 3 aromatic rings. The molecule has 0 spiro atoms. The summed E-state index contributed by atoms with van der Waals surface area (Å²) >= 11 is 0. The number of hydrogen-bond donors (Lipinski definition) is 3. The molecule has 2 amide bonds. The number of oxime groups is 1.